The summed E-state index contributed by atoms with van der Waals surface area (Å²) >= 11 is 9.38. The molecule has 26 heavy (non-hydrogen) atoms. The van der Waals surface area contributed by atoms with E-state index in [1.807, 2.05) is 54.6 Å². The number of amides is 2. The van der Waals surface area contributed by atoms with Crippen LogP contribution in [0, 0.1) is 5.41 Å². The zero-order chi connectivity index (χ0) is 18.7. The Bertz CT molecular complexity index is 848. The van der Waals surface area contributed by atoms with Crippen molar-refractivity contribution in [2.24, 2.45) is 10.5 Å². The molecule has 0 radical (unpaired) electrons. The van der Waals surface area contributed by atoms with Gasteiger partial charge in [0.05, 0.1) is 12.3 Å². The molecule has 1 aliphatic heterocycles. The van der Waals surface area contributed by atoms with E-state index >= 15 is 0 Å². The maximum absolute atomic E-state index is 12.7. The highest BCUT2D eigenvalue weighted by atomic mass is 79.9. The predicted octanol–water partition coefficient (Wildman–Crippen LogP) is 5.94. The Labute approximate surface area is 166 Å². The number of nitrogens with one attached hydrogen (secondary N) is 1. The van der Waals surface area contributed by atoms with Crippen LogP contribution in [0.25, 0.3) is 0 Å². The van der Waals surface area contributed by atoms with Crippen LogP contribution in [-0.2, 0) is 0 Å². The summed E-state index contributed by atoms with van der Waals surface area (Å²) in [7, 11) is 0. The molecule has 1 atom stereocenters. The van der Waals surface area contributed by atoms with Crippen molar-refractivity contribution < 1.29 is 4.79 Å². The van der Waals surface area contributed by atoms with Crippen LogP contribution in [0.2, 0.25) is 5.02 Å². The van der Waals surface area contributed by atoms with Gasteiger partial charge < -0.3 is 5.32 Å². The molecule has 0 aromatic heterocycles. The minimum absolute atomic E-state index is 0.258. The van der Waals surface area contributed by atoms with E-state index < -0.39 is 0 Å². The summed E-state index contributed by atoms with van der Waals surface area (Å²) in [5.74, 6) is 0. The van der Waals surface area contributed by atoms with E-state index in [2.05, 4.69) is 39.9 Å². The van der Waals surface area contributed by atoms with Gasteiger partial charge in [-0.1, -0.05) is 52.7 Å². The van der Waals surface area contributed by atoms with Crippen LogP contribution in [0.1, 0.15) is 18.9 Å². The van der Waals surface area contributed by atoms with Crippen molar-refractivity contribution in [1.29, 1.82) is 0 Å². The first-order valence-corrected chi connectivity index (χ1v) is 9.38. The molecule has 0 fully saturated rings. The first-order chi connectivity index (χ1) is 12.4. The number of anilines is 1. The molecule has 1 unspecified atom stereocenters. The minimum atomic E-state index is -0.299. The molecular formula is C20H19BrClN3O. The van der Waals surface area contributed by atoms with E-state index in [0.717, 1.165) is 27.9 Å². The molecule has 0 aliphatic carbocycles. The van der Waals surface area contributed by atoms with Gasteiger partial charge in [-0.3, -0.25) is 0 Å². The van der Waals surface area contributed by atoms with Crippen molar-refractivity contribution in [2.75, 3.05) is 11.9 Å². The molecule has 0 bridgehead atoms. The number of halogens is 2. The van der Waals surface area contributed by atoms with Crippen molar-refractivity contribution in [3.8, 4) is 0 Å². The summed E-state index contributed by atoms with van der Waals surface area (Å²) in [6.07, 6.45) is 2.58. The molecule has 0 saturated heterocycles. The number of rotatable bonds is 4. The van der Waals surface area contributed by atoms with Gasteiger partial charge in [-0.2, -0.15) is 5.10 Å². The van der Waals surface area contributed by atoms with Crippen LogP contribution in [0.3, 0.4) is 0 Å². The fourth-order valence-corrected chi connectivity index (χ4v) is 3.40. The first-order valence-electron chi connectivity index (χ1n) is 8.21. The van der Waals surface area contributed by atoms with E-state index in [4.69, 9.17) is 11.6 Å². The number of urea groups is 1. The summed E-state index contributed by atoms with van der Waals surface area (Å²) in [6.45, 7) is 6.44. The molecule has 1 aliphatic rings. The SMILES string of the molecule is C=CCC1(C)CN(C(=O)Nc2ccc(Br)cc2)N=C1c1ccc(Cl)cc1. The lowest BCUT2D eigenvalue weighted by Gasteiger charge is -2.24. The predicted molar refractivity (Wildman–Crippen MR) is 111 cm³/mol. The maximum Gasteiger partial charge on any atom is 0.342 e. The van der Waals surface area contributed by atoms with E-state index in [9.17, 15) is 4.79 Å². The molecule has 3 rings (SSSR count). The Hall–Kier alpha value is -2.11. The summed E-state index contributed by atoms with van der Waals surface area (Å²) in [5, 5.41) is 9.65. The van der Waals surface area contributed by atoms with E-state index in [0.29, 0.717) is 11.6 Å². The number of hydrazone groups is 1. The molecular weight excluding hydrogens is 414 g/mol. The fraction of sp³-hybridized carbons (Fsp3) is 0.200. The Morgan fingerprint density at radius 1 is 1.31 bits per heavy atom. The normalized spacial score (nSPS) is 19.2. The van der Waals surface area contributed by atoms with Crippen LogP contribution in [0.15, 0.2) is 70.8 Å². The smallest absolute Gasteiger partial charge is 0.306 e. The molecule has 4 nitrogen and oxygen atoms in total. The second-order valence-electron chi connectivity index (χ2n) is 6.50. The lowest BCUT2D eigenvalue weighted by Crippen LogP contribution is -2.35. The Kier molecular flexibility index (Phi) is 5.49. The molecule has 2 amide bonds. The standard InChI is InChI=1S/C20H19BrClN3O/c1-3-12-20(2)13-25(19(26)23-17-10-6-15(21)7-11-17)24-18(20)14-4-8-16(22)9-5-14/h3-11H,1,12-13H2,2H3,(H,23,26). The molecule has 2 aromatic carbocycles. The highest BCUT2D eigenvalue weighted by Gasteiger charge is 2.40. The number of carbonyl (C=O) groups is 1. The zero-order valence-electron chi connectivity index (χ0n) is 14.4. The summed E-state index contributed by atoms with van der Waals surface area (Å²) < 4.78 is 0.957. The van der Waals surface area contributed by atoms with E-state index in [1.54, 1.807) is 0 Å². The van der Waals surface area contributed by atoms with Crippen molar-refractivity contribution in [2.45, 2.75) is 13.3 Å². The second kappa shape index (κ2) is 7.64. The lowest BCUT2D eigenvalue weighted by atomic mass is 9.79. The molecule has 134 valence electrons. The number of benzene rings is 2. The molecule has 2 aromatic rings. The monoisotopic (exact) mass is 431 g/mol. The van der Waals surface area contributed by atoms with Crippen LogP contribution < -0.4 is 5.32 Å². The number of carbonyl (C=O) groups excluding carboxylic acids is 1. The van der Waals surface area contributed by atoms with Gasteiger partial charge >= 0.3 is 6.03 Å². The summed E-state index contributed by atoms with van der Waals surface area (Å²) in [4.78, 5) is 12.7. The number of nitrogens with zero attached hydrogens (tertiary/aromatic N) is 2. The third-order valence-corrected chi connectivity index (χ3v) is 5.11. The molecule has 1 heterocycles. The highest BCUT2D eigenvalue weighted by molar-refractivity contribution is 9.10. The van der Waals surface area contributed by atoms with Gasteiger partial charge in [-0.25, -0.2) is 9.80 Å². The second-order valence-corrected chi connectivity index (χ2v) is 7.86. The average molecular weight is 433 g/mol. The van der Waals surface area contributed by atoms with Crippen molar-refractivity contribution in [3.63, 3.8) is 0 Å². The lowest BCUT2D eigenvalue weighted by molar-refractivity contribution is 0.208. The van der Waals surface area contributed by atoms with Gasteiger partial charge in [-0.15, -0.1) is 6.58 Å². The van der Waals surface area contributed by atoms with Gasteiger partial charge in [-0.05, 0) is 48.4 Å². The fourth-order valence-electron chi connectivity index (χ4n) is 3.01. The minimum Gasteiger partial charge on any atom is -0.306 e. The Morgan fingerprint density at radius 2 is 1.96 bits per heavy atom. The van der Waals surface area contributed by atoms with Gasteiger partial charge in [0.1, 0.15) is 0 Å². The Balaban J connectivity index is 1.86. The number of hydrogen-bond acceptors (Lipinski definition) is 2. The number of allylic oxidation sites excluding steroid dienone is 1. The van der Waals surface area contributed by atoms with Crippen molar-refractivity contribution in [3.05, 3.63) is 76.2 Å². The first kappa shape index (κ1) is 18.7. The summed E-state index contributed by atoms with van der Waals surface area (Å²) in [6, 6.07) is 14.7. The maximum atomic E-state index is 12.7. The van der Waals surface area contributed by atoms with Crippen LogP contribution in [0.4, 0.5) is 10.5 Å². The van der Waals surface area contributed by atoms with Crippen molar-refractivity contribution in [1.82, 2.24) is 5.01 Å². The third-order valence-electron chi connectivity index (χ3n) is 4.33. The van der Waals surface area contributed by atoms with Gasteiger partial charge in [0.25, 0.3) is 0 Å². The van der Waals surface area contributed by atoms with Gasteiger partial charge in [0.2, 0.25) is 0 Å². The van der Waals surface area contributed by atoms with Crippen LogP contribution >= 0.6 is 27.5 Å². The third kappa shape index (κ3) is 4.00. The quantitative estimate of drug-likeness (QED) is 0.597. The zero-order valence-corrected chi connectivity index (χ0v) is 16.7. The average Bonchev–Trinajstić information content (AvgIpc) is 2.95. The van der Waals surface area contributed by atoms with Gasteiger partial charge in [0, 0.05) is 20.6 Å². The topological polar surface area (TPSA) is 44.7 Å². The largest absolute Gasteiger partial charge is 0.342 e. The van der Waals surface area contributed by atoms with Crippen LogP contribution in [0.5, 0.6) is 0 Å². The molecule has 0 spiro atoms. The summed E-state index contributed by atoms with van der Waals surface area (Å²) in [5.41, 5.74) is 2.24. The highest BCUT2D eigenvalue weighted by Crippen LogP contribution is 2.35. The van der Waals surface area contributed by atoms with E-state index in [-0.39, 0.29) is 11.4 Å². The molecule has 1 N–H and O–H groups in total. The van der Waals surface area contributed by atoms with Crippen LogP contribution in [-0.4, -0.2) is 23.3 Å². The number of hydrogen-bond donors (Lipinski definition) is 1. The van der Waals surface area contributed by atoms with E-state index in [1.165, 1.54) is 5.01 Å². The Morgan fingerprint density at radius 3 is 2.58 bits per heavy atom. The van der Waals surface area contributed by atoms with Gasteiger partial charge in [0.15, 0.2) is 0 Å². The molecule has 0 saturated carbocycles. The molecule has 6 heteroatoms. The van der Waals surface area contributed by atoms with Crippen molar-refractivity contribution >= 4 is 45.0 Å².